The summed E-state index contributed by atoms with van der Waals surface area (Å²) >= 11 is 6.01. The van der Waals surface area contributed by atoms with Crippen molar-refractivity contribution in [2.75, 3.05) is 31.6 Å². The second-order valence-electron chi connectivity index (χ2n) is 5.26. The normalized spacial score (nSPS) is 23.0. The highest BCUT2D eigenvalue weighted by Gasteiger charge is 2.25. The maximum atomic E-state index is 12.0. The zero-order chi connectivity index (χ0) is 15.2. The van der Waals surface area contributed by atoms with Gasteiger partial charge in [-0.15, -0.1) is 0 Å². The predicted molar refractivity (Wildman–Crippen MR) is 82.6 cm³/mol. The van der Waals surface area contributed by atoms with Gasteiger partial charge < -0.3 is 15.2 Å². The Morgan fingerprint density at radius 3 is 3.00 bits per heavy atom. The number of para-hydroxylation sites is 1. The Hall–Kier alpha value is -1.14. The zero-order valence-electron chi connectivity index (χ0n) is 12.1. The molecule has 1 aromatic carbocycles. The van der Waals surface area contributed by atoms with Gasteiger partial charge in [0.1, 0.15) is 0 Å². The summed E-state index contributed by atoms with van der Waals surface area (Å²) in [6, 6.07) is 7.42. The van der Waals surface area contributed by atoms with E-state index in [4.69, 9.17) is 21.4 Å². The number of anilines is 1. The first-order valence-electron chi connectivity index (χ1n) is 7.11. The van der Waals surface area contributed by atoms with Crippen molar-refractivity contribution in [2.24, 2.45) is 0 Å². The van der Waals surface area contributed by atoms with E-state index >= 15 is 0 Å². The first-order valence-corrected chi connectivity index (χ1v) is 7.49. The molecule has 1 aliphatic rings. The van der Waals surface area contributed by atoms with Gasteiger partial charge in [0.25, 0.3) is 0 Å². The summed E-state index contributed by atoms with van der Waals surface area (Å²) < 4.78 is 5.48. The van der Waals surface area contributed by atoms with Crippen molar-refractivity contribution in [1.29, 1.82) is 0 Å². The monoisotopic (exact) mass is 312 g/mol. The Morgan fingerprint density at radius 1 is 1.52 bits per heavy atom. The van der Waals surface area contributed by atoms with Gasteiger partial charge in [-0.05, 0) is 19.1 Å². The number of aliphatic hydroxyl groups excluding tert-OH is 1. The van der Waals surface area contributed by atoms with Gasteiger partial charge in [0.05, 0.1) is 30.0 Å². The van der Waals surface area contributed by atoms with Crippen LogP contribution >= 0.6 is 11.6 Å². The topological polar surface area (TPSA) is 61.8 Å². The molecule has 1 aromatic rings. The minimum atomic E-state index is -0.159. The van der Waals surface area contributed by atoms with Crippen LogP contribution in [0.4, 0.5) is 5.69 Å². The molecule has 2 rings (SSSR count). The third kappa shape index (κ3) is 4.68. The Morgan fingerprint density at radius 2 is 2.29 bits per heavy atom. The van der Waals surface area contributed by atoms with Gasteiger partial charge in [-0.1, -0.05) is 23.7 Å². The minimum Gasteiger partial charge on any atom is -0.394 e. The first kappa shape index (κ1) is 16.2. The second kappa shape index (κ2) is 7.75. The van der Waals surface area contributed by atoms with Crippen LogP contribution in [0.5, 0.6) is 0 Å². The molecule has 1 amide bonds. The van der Waals surface area contributed by atoms with Gasteiger partial charge in [-0.3, -0.25) is 9.69 Å². The highest BCUT2D eigenvalue weighted by molar-refractivity contribution is 6.33. The van der Waals surface area contributed by atoms with Crippen LogP contribution in [0.2, 0.25) is 5.02 Å². The maximum Gasteiger partial charge on any atom is 0.225 e. The van der Waals surface area contributed by atoms with E-state index < -0.39 is 0 Å². The number of aliphatic hydroxyl groups is 1. The molecule has 1 heterocycles. The molecular weight excluding hydrogens is 292 g/mol. The van der Waals surface area contributed by atoms with Gasteiger partial charge in [0.2, 0.25) is 5.91 Å². The third-order valence-electron chi connectivity index (χ3n) is 3.61. The van der Waals surface area contributed by atoms with Gasteiger partial charge in [-0.2, -0.15) is 0 Å². The van der Waals surface area contributed by atoms with E-state index in [9.17, 15) is 4.79 Å². The fourth-order valence-corrected chi connectivity index (χ4v) is 2.50. The van der Waals surface area contributed by atoms with Gasteiger partial charge in [-0.25, -0.2) is 0 Å². The fraction of sp³-hybridized carbons (Fsp3) is 0.533. The summed E-state index contributed by atoms with van der Waals surface area (Å²) in [5.41, 5.74) is 0.632. The van der Waals surface area contributed by atoms with Crippen LogP contribution in [0.25, 0.3) is 0 Å². The number of ether oxygens (including phenoxy) is 1. The number of benzene rings is 1. The Kier molecular flexibility index (Phi) is 5.99. The summed E-state index contributed by atoms with van der Waals surface area (Å²) in [6.07, 6.45) is 0.223. The lowest BCUT2D eigenvalue weighted by Gasteiger charge is -2.37. The molecule has 5 nitrogen and oxygen atoms in total. The molecule has 1 aliphatic heterocycles. The highest BCUT2D eigenvalue weighted by atomic mass is 35.5. The second-order valence-corrected chi connectivity index (χ2v) is 5.67. The molecule has 0 bridgehead atoms. The number of carbonyl (C=O) groups is 1. The lowest BCUT2D eigenvalue weighted by molar-refractivity contribution is -0.118. The molecule has 0 aromatic heterocycles. The Labute approximate surface area is 129 Å². The molecule has 21 heavy (non-hydrogen) atoms. The number of nitrogens with one attached hydrogen (secondary N) is 1. The summed E-state index contributed by atoms with van der Waals surface area (Å²) in [5, 5.41) is 12.5. The molecule has 0 saturated carbocycles. The largest absolute Gasteiger partial charge is 0.394 e. The first-order chi connectivity index (χ1) is 10.1. The number of carbonyl (C=O) groups excluding carboxylic acids is 1. The minimum absolute atomic E-state index is 0.00897. The molecule has 2 unspecified atom stereocenters. The predicted octanol–water partition coefficient (Wildman–Crippen LogP) is 1.75. The highest BCUT2D eigenvalue weighted by Crippen LogP contribution is 2.20. The standard InChI is InChI=1S/C15H21ClN2O3/c1-11-10-21-12(9-19)8-18(11)7-6-15(20)17-14-5-3-2-4-13(14)16/h2-5,11-12,19H,6-10H2,1H3,(H,17,20). The van der Waals surface area contributed by atoms with Gasteiger partial charge >= 0.3 is 0 Å². The van der Waals surface area contributed by atoms with Crippen molar-refractivity contribution in [2.45, 2.75) is 25.5 Å². The van der Waals surface area contributed by atoms with Gasteiger partial charge in [0.15, 0.2) is 0 Å². The van der Waals surface area contributed by atoms with Crippen LogP contribution < -0.4 is 5.32 Å². The van der Waals surface area contributed by atoms with E-state index in [1.807, 2.05) is 12.1 Å². The average Bonchev–Trinajstić information content (AvgIpc) is 2.49. The van der Waals surface area contributed by atoms with E-state index in [1.165, 1.54) is 0 Å². The molecule has 2 N–H and O–H groups in total. The van der Waals surface area contributed by atoms with Crippen LogP contribution in [0.15, 0.2) is 24.3 Å². The summed E-state index contributed by atoms with van der Waals surface area (Å²) in [7, 11) is 0. The third-order valence-corrected chi connectivity index (χ3v) is 3.94. The quantitative estimate of drug-likeness (QED) is 0.869. The van der Waals surface area contributed by atoms with E-state index in [0.29, 0.717) is 36.8 Å². The van der Waals surface area contributed by atoms with Crippen LogP contribution in [-0.4, -0.2) is 54.4 Å². The van der Waals surface area contributed by atoms with Crippen LogP contribution in [-0.2, 0) is 9.53 Å². The van der Waals surface area contributed by atoms with E-state index in [2.05, 4.69) is 17.1 Å². The molecule has 1 saturated heterocycles. The Balaban J connectivity index is 1.82. The van der Waals surface area contributed by atoms with Crippen molar-refractivity contribution >= 4 is 23.2 Å². The Bertz CT molecular complexity index is 484. The molecular formula is C15H21ClN2O3. The number of hydrogen-bond acceptors (Lipinski definition) is 4. The fourth-order valence-electron chi connectivity index (χ4n) is 2.32. The number of amides is 1. The summed E-state index contributed by atoms with van der Waals surface area (Å²) in [4.78, 5) is 14.2. The molecule has 1 fully saturated rings. The van der Waals surface area contributed by atoms with Crippen molar-refractivity contribution in [1.82, 2.24) is 4.90 Å². The maximum absolute atomic E-state index is 12.0. The molecule has 116 valence electrons. The summed E-state index contributed by atoms with van der Waals surface area (Å²) in [6.45, 7) is 3.93. The lowest BCUT2D eigenvalue weighted by Crippen LogP contribution is -2.50. The number of morpholine rings is 1. The van der Waals surface area contributed by atoms with E-state index in [1.54, 1.807) is 12.1 Å². The molecule has 0 aliphatic carbocycles. The van der Waals surface area contributed by atoms with Crippen molar-refractivity contribution < 1.29 is 14.6 Å². The smallest absolute Gasteiger partial charge is 0.225 e. The summed E-state index contributed by atoms with van der Waals surface area (Å²) in [5.74, 6) is -0.0673. The molecule has 6 heteroatoms. The number of nitrogens with zero attached hydrogens (tertiary/aromatic N) is 1. The number of hydrogen-bond donors (Lipinski definition) is 2. The van der Waals surface area contributed by atoms with E-state index in [0.717, 1.165) is 0 Å². The molecule has 0 spiro atoms. The van der Waals surface area contributed by atoms with Crippen LogP contribution in [0.3, 0.4) is 0 Å². The average molecular weight is 313 g/mol. The van der Waals surface area contributed by atoms with Gasteiger partial charge in [0, 0.05) is 25.6 Å². The van der Waals surface area contributed by atoms with Crippen LogP contribution in [0, 0.1) is 0 Å². The van der Waals surface area contributed by atoms with Crippen molar-refractivity contribution in [3.63, 3.8) is 0 Å². The SMILES string of the molecule is CC1COC(CO)CN1CCC(=O)Nc1ccccc1Cl. The van der Waals surface area contributed by atoms with Crippen molar-refractivity contribution in [3.8, 4) is 0 Å². The van der Waals surface area contributed by atoms with E-state index in [-0.39, 0.29) is 24.7 Å². The number of rotatable bonds is 5. The lowest BCUT2D eigenvalue weighted by atomic mass is 10.2. The van der Waals surface area contributed by atoms with Crippen molar-refractivity contribution in [3.05, 3.63) is 29.3 Å². The van der Waals surface area contributed by atoms with Crippen LogP contribution in [0.1, 0.15) is 13.3 Å². The molecule has 0 radical (unpaired) electrons. The zero-order valence-corrected chi connectivity index (χ0v) is 12.8. The molecule has 2 atom stereocenters. The number of halogens is 1.